The molecule has 0 aliphatic heterocycles. The number of nitrogens with one attached hydrogen (secondary N) is 2. The molecule has 0 spiro atoms. The van der Waals surface area contributed by atoms with Gasteiger partial charge in [-0.05, 0) is 63.1 Å². The lowest BCUT2D eigenvalue weighted by Crippen LogP contribution is -2.46. The SMILES string of the molecule is CC(C)OC1CCC(NC(=NCCc2cccs2)NCCc2ccco2)CC1. The van der Waals surface area contributed by atoms with Crippen molar-refractivity contribution in [2.75, 3.05) is 13.1 Å². The minimum atomic E-state index is 0.312. The van der Waals surface area contributed by atoms with E-state index in [2.05, 4.69) is 42.0 Å². The van der Waals surface area contributed by atoms with Crippen LogP contribution in [0.3, 0.4) is 0 Å². The van der Waals surface area contributed by atoms with E-state index in [4.69, 9.17) is 14.1 Å². The first-order valence-electron chi connectivity index (χ1n) is 10.4. The summed E-state index contributed by atoms with van der Waals surface area (Å²) in [7, 11) is 0. The van der Waals surface area contributed by atoms with Crippen LogP contribution in [-0.4, -0.2) is 37.3 Å². The van der Waals surface area contributed by atoms with Crippen molar-refractivity contribution >= 4 is 17.3 Å². The maximum atomic E-state index is 5.97. The molecule has 1 fully saturated rings. The molecule has 1 saturated carbocycles. The van der Waals surface area contributed by atoms with Gasteiger partial charge in [0.2, 0.25) is 0 Å². The molecule has 1 aliphatic carbocycles. The maximum Gasteiger partial charge on any atom is 0.191 e. The van der Waals surface area contributed by atoms with E-state index >= 15 is 0 Å². The molecule has 3 rings (SSSR count). The van der Waals surface area contributed by atoms with Crippen molar-refractivity contribution < 1.29 is 9.15 Å². The van der Waals surface area contributed by atoms with Crippen molar-refractivity contribution in [3.63, 3.8) is 0 Å². The Morgan fingerprint density at radius 3 is 2.75 bits per heavy atom. The summed E-state index contributed by atoms with van der Waals surface area (Å²) in [5.74, 6) is 1.91. The van der Waals surface area contributed by atoms with Gasteiger partial charge in [-0.3, -0.25) is 4.99 Å². The number of hydrogen-bond donors (Lipinski definition) is 2. The van der Waals surface area contributed by atoms with Crippen LogP contribution in [0.15, 0.2) is 45.3 Å². The topological polar surface area (TPSA) is 58.8 Å². The summed E-state index contributed by atoms with van der Waals surface area (Å²) in [5, 5.41) is 9.25. The van der Waals surface area contributed by atoms with E-state index in [1.165, 1.54) is 4.88 Å². The summed E-state index contributed by atoms with van der Waals surface area (Å²) >= 11 is 1.79. The molecule has 154 valence electrons. The summed E-state index contributed by atoms with van der Waals surface area (Å²) in [5.41, 5.74) is 0. The molecular weight excluding hydrogens is 370 g/mol. The zero-order chi connectivity index (χ0) is 19.6. The normalized spacial score (nSPS) is 20.5. The molecule has 0 amide bonds. The van der Waals surface area contributed by atoms with E-state index in [-0.39, 0.29) is 0 Å². The highest BCUT2D eigenvalue weighted by Gasteiger charge is 2.23. The fourth-order valence-electron chi connectivity index (χ4n) is 3.57. The minimum absolute atomic E-state index is 0.312. The van der Waals surface area contributed by atoms with Gasteiger partial charge in [0, 0.05) is 36.9 Å². The van der Waals surface area contributed by atoms with Crippen molar-refractivity contribution in [2.45, 2.75) is 70.6 Å². The molecule has 0 saturated heterocycles. The van der Waals surface area contributed by atoms with Crippen LogP contribution in [-0.2, 0) is 17.6 Å². The summed E-state index contributed by atoms with van der Waals surface area (Å²) < 4.78 is 11.4. The Labute approximate surface area is 172 Å². The Bertz CT molecular complexity index is 675. The average Bonchev–Trinajstić information content (AvgIpc) is 3.37. The monoisotopic (exact) mass is 403 g/mol. The Balaban J connectivity index is 1.48. The number of aliphatic imine (C=N–C) groups is 1. The minimum Gasteiger partial charge on any atom is -0.469 e. The third-order valence-corrected chi connectivity index (χ3v) is 5.87. The summed E-state index contributed by atoms with van der Waals surface area (Å²) in [6.45, 7) is 5.84. The molecule has 28 heavy (non-hydrogen) atoms. The lowest BCUT2D eigenvalue weighted by molar-refractivity contribution is -0.0152. The highest BCUT2D eigenvalue weighted by Crippen LogP contribution is 2.22. The van der Waals surface area contributed by atoms with Crippen LogP contribution >= 0.6 is 11.3 Å². The lowest BCUT2D eigenvalue weighted by atomic mass is 9.93. The Morgan fingerprint density at radius 2 is 2.07 bits per heavy atom. The van der Waals surface area contributed by atoms with E-state index in [0.29, 0.717) is 18.2 Å². The maximum absolute atomic E-state index is 5.97. The van der Waals surface area contributed by atoms with Gasteiger partial charge >= 0.3 is 0 Å². The van der Waals surface area contributed by atoms with E-state index in [9.17, 15) is 0 Å². The molecule has 5 nitrogen and oxygen atoms in total. The second-order valence-electron chi connectivity index (χ2n) is 7.62. The Kier molecular flexibility index (Phi) is 8.42. The number of hydrogen-bond acceptors (Lipinski definition) is 4. The van der Waals surface area contributed by atoms with Crippen LogP contribution in [0, 0.1) is 0 Å². The molecule has 0 radical (unpaired) electrons. The van der Waals surface area contributed by atoms with E-state index < -0.39 is 0 Å². The number of rotatable bonds is 9. The van der Waals surface area contributed by atoms with Crippen molar-refractivity contribution in [1.82, 2.24) is 10.6 Å². The Hall–Kier alpha value is -1.79. The summed E-state index contributed by atoms with van der Waals surface area (Å²) in [6, 6.07) is 8.68. The fourth-order valence-corrected chi connectivity index (χ4v) is 4.26. The molecule has 2 aromatic heterocycles. The van der Waals surface area contributed by atoms with Gasteiger partial charge in [-0.1, -0.05) is 6.07 Å². The number of guanidine groups is 1. The van der Waals surface area contributed by atoms with Crippen molar-refractivity contribution in [3.05, 3.63) is 46.5 Å². The first-order valence-corrected chi connectivity index (χ1v) is 11.3. The first-order chi connectivity index (χ1) is 13.7. The van der Waals surface area contributed by atoms with Crippen molar-refractivity contribution in [3.8, 4) is 0 Å². The summed E-state index contributed by atoms with van der Waals surface area (Å²) in [6.07, 6.45) is 8.76. The van der Waals surface area contributed by atoms with Gasteiger partial charge in [0.15, 0.2) is 5.96 Å². The molecule has 0 aromatic carbocycles. The van der Waals surface area contributed by atoms with Gasteiger partial charge in [-0.15, -0.1) is 11.3 Å². The highest BCUT2D eigenvalue weighted by molar-refractivity contribution is 7.09. The molecule has 2 aromatic rings. The van der Waals surface area contributed by atoms with Gasteiger partial charge in [0.05, 0.1) is 18.5 Å². The molecule has 0 bridgehead atoms. The molecule has 0 atom stereocenters. The van der Waals surface area contributed by atoms with E-state index in [0.717, 1.165) is 63.3 Å². The quantitative estimate of drug-likeness (QED) is 0.481. The lowest BCUT2D eigenvalue weighted by Gasteiger charge is -2.31. The number of thiophene rings is 1. The molecule has 6 heteroatoms. The van der Waals surface area contributed by atoms with Crippen LogP contribution < -0.4 is 10.6 Å². The zero-order valence-corrected chi connectivity index (χ0v) is 17.8. The van der Waals surface area contributed by atoms with Gasteiger partial charge in [-0.25, -0.2) is 0 Å². The van der Waals surface area contributed by atoms with Crippen LogP contribution in [0.4, 0.5) is 0 Å². The van der Waals surface area contributed by atoms with Crippen LogP contribution in [0.1, 0.15) is 50.2 Å². The Morgan fingerprint density at radius 1 is 1.21 bits per heavy atom. The first kappa shape index (κ1) is 20.9. The van der Waals surface area contributed by atoms with E-state index in [1.54, 1.807) is 17.6 Å². The van der Waals surface area contributed by atoms with Gasteiger partial charge in [0.25, 0.3) is 0 Å². The third-order valence-electron chi connectivity index (χ3n) is 4.93. The van der Waals surface area contributed by atoms with Gasteiger partial charge < -0.3 is 19.8 Å². The molecular formula is C22H33N3O2S. The van der Waals surface area contributed by atoms with Crippen LogP contribution in [0.5, 0.6) is 0 Å². The predicted octanol–water partition coefficient (Wildman–Crippen LogP) is 4.40. The van der Waals surface area contributed by atoms with Crippen molar-refractivity contribution in [2.24, 2.45) is 4.99 Å². The molecule has 1 aliphatic rings. The number of furan rings is 1. The predicted molar refractivity (Wildman–Crippen MR) is 116 cm³/mol. The molecule has 2 N–H and O–H groups in total. The second kappa shape index (κ2) is 11.3. The van der Waals surface area contributed by atoms with E-state index in [1.807, 2.05) is 12.1 Å². The highest BCUT2D eigenvalue weighted by atomic mass is 32.1. The standard InChI is InChI=1S/C22H33N3O2S/c1-17(2)27-20-9-7-18(8-10-20)25-22(23-13-11-19-5-3-15-26-19)24-14-12-21-6-4-16-28-21/h3-6,15-18,20H,7-14H2,1-2H3,(H2,23,24,25). The van der Waals surface area contributed by atoms with Gasteiger partial charge in [-0.2, -0.15) is 0 Å². The average molecular weight is 404 g/mol. The largest absolute Gasteiger partial charge is 0.469 e. The second-order valence-corrected chi connectivity index (χ2v) is 8.65. The molecule has 2 heterocycles. The smallest absolute Gasteiger partial charge is 0.191 e. The molecule has 0 unspecified atom stereocenters. The summed E-state index contributed by atoms with van der Waals surface area (Å²) in [4.78, 5) is 6.20. The zero-order valence-electron chi connectivity index (χ0n) is 17.0. The number of ether oxygens (including phenoxy) is 1. The number of nitrogens with zero attached hydrogens (tertiary/aromatic N) is 1. The fraction of sp³-hybridized carbons (Fsp3) is 0.591. The van der Waals surface area contributed by atoms with Gasteiger partial charge in [0.1, 0.15) is 5.76 Å². The van der Waals surface area contributed by atoms with Crippen molar-refractivity contribution in [1.29, 1.82) is 0 Å². The third kappa shape index (κ3) is 7.32. The van der Waals surface area contributed by atoms with Crippen LogP contribution in [0.25, 0.3) is 0 Å². The van der Waals surface area contributed by atoms with Crippen LogP contribution in [0.2, 0.25) is 0 Å².